The number of methoxy groups -OCH3 is 1. The Morgan fingerprint density at radius 1 is 1.33 bits per heavy atom. The SMILES string of the molecule is C#Cc1c(/C=C\C(=C)F)cc(O)cc1-c1nc2c3c(nc(OCC45CCCN4CC(OC)C5)nc3c1F)N1CCNCC1CO2. The smallest absolute Gasteiger partial charge is 0.319 e. The van der Waals surface area contributed by atoms with E-state index in [1.54, 1.807) is 7.11 Å². The van der Waals surface area contributed by atoms with Gasteiger partial charge in [-0.3, -0.25) is 4.90 Å². The number of anilines is 1. The molecule has 12 heteroatoms. The average Bonchev–Trinajstić information content (AvgIpc) is 3.54. The van der Waals surface area contributed by atoms with Crippen molar-refractivity contribution in [1.29, 1.82) is 0 Å². The molecule has 0 aliphatic carbocycles. The Kier molecular flexibility index (Phi) is 7.55. The van der Waals surface area contributed by atoms with Crippen LogP contribution in [0, 0.1) is 18.2 Å². The summed E-state index contributed by atoms with van der Waals surface area (Å²) in [6.07, 6.45) is 11.3. The molecule has 3 fully saturated rings. The van der Waals surface area contributed by atoms with Crippen LogP contribution in [0.1, 0.15) is 30.4 Å². The number of nitrogens with zero attached hydrogens (tertiary/aromatic N) is 5. The number of hydrogen-bond donors (Lipinski definition) is 2. The van der Waals surface area contributed by atoms with Crippen molar-refractivity contribution in [2.45, 2.75) is 36.9 Å². The van der Waals surface area contributed by atoms with Crippen molar-refractivity contribution in [2.75, 3.05) is 57.9 Å². The fourth-order valence-electron chi connectivity index (χ4n) is 7.15. The van der Waals surface area contributed by atoms with Gasteiger partial charge in [-0.05, 0) is 49.6 Å². The van der Waals surface area contributed by atoms with E-state index in [0.717, 1.165) is 38.4 Å². The van der Waals surface area contributed by atoms with Crippen molar-refractivity contribution in [3.8, 4) is 41.2 Å². The van der Waals surface area contributed by atoms with Crippen molar-refractivity contribution in [2.24, 2.45) is 0 Å². The van der Waals surface area contributed by atoms with Crippen LogP contribution in [-0.4, -0.2) is 95.7 Å². The molecule has 3 unspecified atom stereocenters. The van der Waals surface area contributed by atoms with Gasteiger partial charge in [-0.25, -0.2) is 13.8 Å². The quantitative estimate of drug-likeness (QED) is 0.301. The van der Waals surface area contributed by atoms with E-state index in [1.807, 2.05) is 0 Å². The second-order valence-corrected chi connectivity index (χ2v) is 12.0. The lowest BCUT2D eigenvalue weighted by Crippen LogP contribution is -2.53. The molecular weight excluding hydrogens is 582 g/mol. The van der Waals surface area contributed by atoms with Gasteiger partial charge in [0.25, 0.3) is 0 Å². The molecule has 3 aromatic rings. The maximum absolute atomic E-state index is 16.8. The topological polar surface area (TPSA) is 105 Å². The average molecular weight is 617 g/mol. The number of hydrogen-bond acceptors (Lipinski definition) is 10. The Hall–Kier alpha value is -4.31. The molecule has 45 heavy (non-hydrogen) atoms. The minimum Gasteiger partial charge on any atom is -0.508 e. The third-order valence-corrected chi connectivity index (χ3v) is 9.32. The fraction of sp³-hybridized carbons (Fsp3) is 0.424. The van der Waals surface area contributed by atoms with Crippen molar-refractivity contribution >= 4 is 22.8 Å². The van der Waals surface area contributed by atoms with Crippen LogP contribution in [0.25, 0.3) is 28.2 Å². The van der Waals surface area contributed by atoms with E-state index in [9.17, 15) is 9.50 Å². The summed E-state index contributed by atoms with van der Waals surface area (Å²) in [6.45, 7) is 7.64. The second-order valence-electron chi connectivity index (χ2n) is 12.0. The first kappa shape index (κ1) is 29.4. The lowest BCUT2D eigenvalue weighted by Gasteiger charge is -2.35. The molecule has 2 N–H and O–H groups in total. The van der Waals surface area contributed by atoms with Crippen LogP contribution in [0.15, 0.2) is 30.6 Å². The second kappa shape index (κ2) is 11.6. The monoisotopic (exact) mass is 616 g/mol. The summed E-state index contributed by atoms with van der Waals surface area (Å²) in [7, 11) is 1.73. The normalized spacial score (nSPS) is 24.3. The van der Waals surface area contributed by atoms with Gasteiger partial charge in [0.15, 0.2) is 5.82 Å². The molecule has 3 atom stereocenters. The minimum atomic E-state index is -0.771. The molecule has 234 valence electrons. The zero-order chi connectivity index (χ0) is 31.3. The Labute approximate surface area is 259 Å². The molecule has 4 aliphatic heterocycles. The van der Waals surface area contributed by atoms with Gasteiger partial charge in [0.1, 0.15) is 47.2 Å². The maximum Gasteiger partial charge on any atom is 0.319 e. The summed E-state index contributed by atoms with van der Waals surface area (Å²) in [5.74, 6) is 1.51. The van der Waals surface area contributed by atoms with E-state index < -0.39 is 11.6 Å². The summed E-state index contributed by atoms with van der Waals surface area (Å²) in [5, 5.41) is 14.3. The van der Waals surface area contributed by atoms with Gasteiger partial charge in [0, 0.05) is 44.4 Å². The fourth-order valence-corrected chi connectivity index (χ4v) is 7.15. The Bertz CT molecular complexity index is 1760. The molecule has 0 amide bonds. The van der Waals surface area contributed by atoms with E-state index in [-0.39, 0.29) is 64.3 Å². The summed E-state index contributed by atoms with van der Waals surface area (Å²) in [6, 6.07) is 2.66. The molecule has 7 rings (SSSR count). The molecule has 2 aromatic heterocycles. The van der Waals surface area contributed by atoms with Crippen LogP contribution < -0.4 is 19.7 Å². The number of ether oxygens (including phenoxy) is 3. The highest BCUT2D eigenvalue weighted by Gasteiger charge is 2.49. The number of aromatic nitrogens is 3. The molecule has 4 aliphatic rings. The molecule has 0 spiro atoms. The van der Waals surface area contributed by atoms with E-state index >= 15 is 4.39 Å². The summed E-state index contributed by atoms with van der Waals surface area (Å²) < 4.78 is 48.5. The van der Waals surface area contributed by atoms with Crippen LogP contribution >= 0.6 is 0 Å². The number of benzene rings is 1. The molecule has 6 heterocycles. The van der Waals surface area contributed by atoms with E-state index in [0.29, 0.717) is 43.0 Å². The number of nitrogens with one attached hydrogen (secondary N) is 1. The van der Waals surface area contributed by atoms with Gasteiger partial charge >= 0.3 is 6.01 Å². The van der Waals surface area contributed by atoms with Crippen LogP contribution in [0.2, 0.25) is 0 Å². The van der Waals surface area contributed by atoms with E-state index in [1.165, 1.54) is 18.2 Å². The zero-order valence-electron chi connectivity index (χ0n) is 25.0. The van der Waals surface area contributed by atoms with Gasteiger partial charge in [-0.1, -0.05) is 18.6 Å². The third-order valence-electron chi connectivity index (χ3n) is 9.32. The molecule has 3 saturated heterocycles. The zero-order valence-corrected chi connectivity index (χ0v) is 25.0. The largest absolute Gasteiger partial charge is 0.508 e. The first-order chi connectivity index (χ1) is 21.8. The summed E-state index contributed by atoms with van der Waals surface area (Å²) in [5.41, 5.74) is 0.239. The maximum atomic E-state index is 16.8. The number of phenolic OH excluding ortho intramolecular Hbond substituents is 1. The Morgan fingerprint density at radius 3 is 3.00 bits per heavy atom. The molecular formula is C33H34F2N6O4. The van der Waals surface area contributed by atoms with Crippen molar-refractivity contribution in [1.82, 2.24) is 25.2 Å². The summed E-state index contributed by atoms with van der Waals surface area (Å²) in [4.78, 5) is 18.5. The van der Waals surface area contributed by atoms with E-state index in [2.05, 4.69) is 37.6 Å². The van der Waals surface area contributed by atoms with Crippen molar-refractivity contribution in [3.05, 3.63) is 47.6 Å². The predicted molar refractivity (Wildman–Crippen MR) is 166 cm³/mol. The lowest BCUT2D eigenvalue weighted by atomic mass is 9.94. The number of fused-ring (bicyclic) bond motifs is 3. The highest BCUT2D eigenvalue weighted by Crippen LogP contribution is 2.43. The van der Waals surface area contributed by atoms with Crippen molar-refractivity contribution in [3.63, 3.8) is 0 Å². The third kappa shape index (κ3) is 5.14. The standard InChI is InChI=1S/C33H34F2N6O4/c1-4-24-20(7-6-19(2)34)12-22(42)13-25(24)28-27(35)29-26-30(41-11-9-36-15-21(41)17-44-31(26)37-28)39-32(38-29)45-18-33-8-5-10-40(33)16-23(14-33)43-3/h1,6-7,12-13,21,23,36,42H,2,5,8-11,14-18H2,3H3/b7-6-. The summed E-state index contributed by atoms with van der Waals surface area (Å²) >= 11 is 0. The number of terminal acetylenes is 1. The number of rotatable bonds is 7. The molecule has 0 bridgehead atoms. The molecule has 1 aromatic carbocycles. The Morgan fingerprint density at radius 2 is 2.20 bits per heavy atom. The van der Waals surface area contributed by atoms with Crippen LogP contribution in [0.3, 0.4) is 0 Å². The highest BCUT2D eigenvalue weighted by molar-refractivity contribution is 5.97. The van der Waals surface area contributed by atoms with E-state index in [4.69, 9.17) is 25.6 Å². The lowest BCUT2D eigenvalue weighted by molar-refractivity contribution is 0.0997. The minimum absolute atomic E-state index is 0.0308. The predicted octanol–water partition coefficient (Wildman–Crippen LogP) is 3.82. The first-order valence-corrected chi connectivity index (χ1v) is 15.1. The van der Waals surface area contributed by atoms with Gasteiger partial charge < -0.3 is 29.5 Å². The van der Waals surface area contributed by atoms with Gasteiger partial charge in [-0.2, -0.15) is 9.97 Å². The highest BCUT2D eigenvalue weighted by atomic mass is 19.1. The number of phenols is 1. The van der Waals surface area contributed by atoms with Crippen LogP contribution in [0.5, 0.6) is 17.6 Å². The first-order valence-electron chi connectivity index (χ1n) is 15.1. The van der Waals surface area contributed by atoms with Crippen molar-refractivity contribution < 1.29 is 28.1 Å². The van der Waals surface area contributed by atoms with Gasteiger partial charge in [-0.15, -0.1) is 6.42 Å². The Balaban J connectivity index is 1.38. The van der Waals surface area contributed by atoms with Gasteiger partial charge in [0.05, 0.1) is 17.7 Å². The molecule has 0 saturated carbocycles. The van der Waals surface area contributed by atoms with Crippen LogP contribution in [0.4, 0.5) is 14.6 Å². The van der Waals surface area contributed by atoms with Gasteiger partial charge in [0.2, 0.25) is 5.88 Å². The number of pyridine rings is 1. The molecule has 10 nitrogen and oxygen atoms in total. The number of piperazine rings is 1. The number of allylic oxidation sites excluding steroid dienone is 2. The number of aromatic hydroxyl groups is 1. The molecule has 0 radical (unpaired) electrons. The number of halogens is 2. The van der Waals surface area contributed by atoms with Crippen LogP contribution in [-0.2, 0) is 4.74 Å².